The average Bonchev–Trinajstić information content (AvgIpc) is 2.98. The quantitative estimate of drug-likeness (QED) is 0.545. The molecule has 4 nitrogen and oxygen atoms in total. The van der Waals surface area contributed by atoms with Crippen molar-refractivity contribution < 1.29 is 9.53 Å². The van der Waals surface area contributed by atoms with Gasteiger partial charge in [0.15, 0.2) is 5.82 Å². The fraction of sp³-hybridized carbons (Fsp3) is 0.0625. The van der Waals surface area contributed by atoms with Crippen LogP contribution in [0.15, 0.2) is 54.6 Å². The molecule has 0 N–H and O–H groups in total. The summed E-state index contributed by atoms with van der Waals surface area (Å²) in [6.45, 7) is 1.38. The topological polar surface area (TPSA) is 52.1 Å². The monoisotopic (exact) mass is 296 g/mol. The lowest BCUT2D eigenvalue weighted by Gasteiger charge is -2.01. The first-order chi connectivity index (χ1) is 10.2. The largest absolute Gasteiger partial charge is 0.427 e. The van der Waals surface area contributed by atoms with Crippen LogP contribution >= 0.6 is 11.5 Å². The fourth-order valence-corrected chi connectivity index (χ4v) is 2.56. The van der Waals surface area contributed by atoms with Crippen molar-refractivity contribution in [3.63, 3.8) is 0 Å². The number of esters is 1. The van der Waals surface area contributed by atoms with Gasteiger partial charge in [-0.3, -0.25) is 4.79 Å². The molecule has 0 radical (unpaired) electrons. The zero-order valence-electron chi connectivity index (χ0n) is 11.3. The van der Waals surface area contributed by atoms with Crippen LogP contribution in [0.25, 0.3) is 22.0 Å². The summed E-state index contributed by atoms with van der Waals surface area (Å²) in [5.41, 5.74) is 1.95. The molecule has 0 bridgehead atoms. The molecule has 0 aliphatic rings. The fourth-order valence-electron chi connectivity index (χ4n) is 1.88. The van der Waals surface area contributed by atoms with Crippen molar-refractivity contribution in [2.75, 3.05) is 0 Å². The molecule has 0 fully saturated rings. The third-order valence-corrected chi connectivity index (χ3v) is 3.59. The zero-order valence-corrected chi connectivity index (χ0v) is 12.1. The van der Waals surface area contributed by atoms with Gasteiger partial charge < -0.3 is 4.74 Å². The summed E-state index contributed by atoms with van der Waals surface area (Å²) in [4.78, 5) is 15.4. The Morgan fingerprint density at radius 3 is 2.38 bits per heavy atom. The van der Waals surface area contributed by atoms with Crippen molar-refractivity contribution >= 4 is 17.5 Å². The molecular weight excluding hydrogens is 284 g/mol. The minimum absolute atomic E-state index is 0.333. The van der Waals surface area contributed by atoms with E-state index in [1.807, 2.05) is 42.5 Å². The summed E-state index contributed by atoms with van der Waals surface area (Å²) >= 11 is 1.37. The van der Waals surface area contributed by atoms with Crippen molar-refractivity contribution in [2.45, 2.75) is 6.92 Å². The lowest BCUT2D eigenvalue weighted by Crippen LogP contribution is -2.00. The second-order valence-corrected chi connectivity index (χ2v) is 5.16. The van der Waals surface area contributed by atoms with Crippen LogP contribution in [-0.4, -0.2) is 15.3 Å². The van der Waals surface area contributed by atoms with Gasteiger partial charge in [0.1, 0.15) is 10.8 Å². The molecule has 21 heavy (non-hydrogen) atoms. The Kier molecular flexibility index (Phi) is 3.75. The van der Waals surface area contributed by atoms with Gasteiger partial charge in [-0.05, 0) is 35.8 Å². The first kappa shape index (κ1) is 13.5. The highest BCUT2D eigenvalue weighted by Crippen LogP contribution is 2.26. The van der Waals surface area contributed by atoms with E-state index in [1.165, 1.54) is 18.5 Å². The third kappa shape index (κ3) is 3.14. The van der Waals surface area contributed by atoms with Crippen molar-refractivity contribution in [2.24, 2.45) is 0 Å². The Bertz CT molecular complexity index is 751. The molecule has 1 aromatic heterocycles. The molecule has 1 heterocycles. The predicted molar refractivity (Wildman–Crippen MR) is 82.1 cm³/mol. The third-order valence-electron chi connectivity index (χ3n) is 2.82. The molecule has 0 spiro atoms. The van der Waals surface area contributed by atoms with Crippen LogP contribution in [-0.2, 0) is 4.79 Å². The Labute approximate surface area is 126 Å². The maximum atomic E-state index is 10.9. The highest BCUT2D eigenvalue weighted by Gasteiger charge is 2.08. The molecule has 104 valence electrons. The molecule has 0 atom stereocenters. The van der Waals surface area contributed by atoms with Gasteiger partial charge in [0, 0.05) is 18.1 Å². The summed E-state index contributed by atoms with van der Waals surface area (Å²) in [6, 6.07) is 17.1. The van der Waals surface area contributed by atoms with Crippen molar-refractivity contribution in [3.05, 3.63) is 54.6 Å². The van der Waals surface area contributed by atoms with Crippen LogP contribution in [0.4, 0.5) is 0 Å². The summed E-state index contributed by atoms with van der Waals surface area (Å²) in [7, 11) is 0. The van der Waals surface area contributed by atoms with Crippen LogP contribution in [0.3, 0.4) is 0 Å². The highest BCUT2D eigenvalue weighted by atomic mass is 32.1. The number of carbonyl (C=O) groups excluding carboxylic acids is 1. The predicted octanol–water partition coefficient (Wildman–Crippen LogP) is 3.80. The summed E-state index contributed by atoms with van der Waals surface area (Å²) in [5.74, 6) is 0.860. The molecular formula is C16H12N2O2S. The van der Waals surface area contributed by atoms with E-state index < -0.39 is 0 Å². The number of nitrogens with zero attached hydrogens (tertiary/aromatic N) is 2. The smallest absolute Gasteiger partial charge is 0.308 e. The van der Waals surface area contributed by atoms with E-state index in [4.69, 9.17) is 4.74 Å². The number of carbonyl (C=O) groups is 1. The Morgan fingerprint density at radius 2 is 1.71 bits per heavy atom. The number of benzene rings is 2. The first-order valence-corrected chi connectivity index (χ1v) is 7.18. The number of hydrogen-bond acceptors (Lipinski definition) is 5. The highest BCUT2D eigenvalue weighted by molar-refractivity contribution is 7.09. The van der Waals surface area contributed by atoms with Crippen molar-refractivity contribution in [1.29, 1.82) is 0 Å². The Balaban J connectivity index is 1.85. The standard InChI is InChI=1S/C16H12N2O2S/c1-11(19)20-14-9-7-12(8-10-14)15-17-16(21-18-15)13-5-3-2-4-6-13/h2-10H,1H3. The van der Waals surface area contributed by atoms with Crippen LogP contribution in [0.2, 0.25) is 0 Å². The van der Waals surface area contributed by atoms with E-state index in [0.717, 1.165) is 16.1 Å². The van der Waals surface area contributed by atoms with Gasteiger partial charge in [0.2, 0.25) is 0 Å². The molecule has 0 aliphatic carbocycles. The van der Waals surface area contributed by atoms with Gasteiger partial charge in [0.05, 0.1) is 0 Å². The van der Waals surface area contributed by atoms with E-state index in [0.29, 0.717) is 11.6 Å². The summed E-state index contributed by atoms with van der Waals surface area (Å²) < 4.78 is 9.38. The van der Waals surface area contributed by atoms with Crippen LogP contribution in [0.5, 0.6) is 5.75 Å². The van der Waals surface area contributed by atoms with Gasteiger partial charge in [-0.15, -0.1) is 0 Å². The molecule has 0 amide bonds. The minimum Gasteiger partial charge on any atom is -0.427 e. The Hall–Kier alpha value is -2.53. The van der Waals surface area contributed by atoms with Crippen LogP contribution in [0, 0.1) is 0 Å². The SMILES string of the molecule is CC(=O)Oc1ccc(-c2nsc(-c3ccccc3)n2)cc1. The second kappa shape index (κ2) is 5.85. The number of aromatic nitrogens is 2. The minimum atomic E-state index is -0.333. The van der Waals surface area contributed by atoms with Gasteiger partial charge in [0.25, 0.3) is 0 Å². The molecule has 0 saturated heterocycles. The van der Waals surface area contributed by atoms with E-state index in [9.17, 15) is 4.79 Å². The van der Waals surface area contributed by atoms with Crippen LogP contribution < -0.4 is 4.74 Å². The van der Waals surface area contributed by atoms with Gasteiger partial charge in [-0.2, -0.15) is 4.37 Å². The summed E-state index contributed by atoms with van der Waals surface area (Å²) in [6.07, 6.45) is 0. The normalized spacial score (nSPS) is 10.3. The van der Waals surface area contributed by atoms with Crippen molar-refractivity contribution in [3.8, 4) is 27.7 Å². The van der Waals surface area contributed by atoms with Crippen LogP contribution in [0.1, 0.15) is 6.92 Å². The van der Waals surface area contributed by atoms with E-state index in [-0.39, 0.29) is 5.97 Å². The average molecular weight is 296 g/mol. The van der Waals surface area contributed by atoms with Crippen molar-refractivity contribution in [1.82, 2.24) is 9.36 Å². The maximum Gasteiger partial charge on any atom is 0.308 e. The number of rotatable bonds is 3. The molecule has 2 aromatic carbocycles. The second-order valence-electron chi connectivity index (χ2n) is 4.41. The number of hydrogen-bond donors (Lipinski definition) is 0. The lowest BCUT2D eigenvalue weighted by atomic mass is 10.2. The van der Waals surface area contributed by atoms with Gasteiger partial charge in [-0.25, -0.2) is 4.98 Å². The first-order valence-electron chi connectivity index (χ1n) is 6.40. The van der Waals surface area contributed by atoms with Gasteiger partial charge in [-0.1, -0.05) is 30.3 Å². The molecule has 0 unspecified atom stereocenters. The van der Waals surface area contributed by atoms with E-state index in [2.05, 4.69) is 9.36 Å². The molecule has 5 heteroatoms. The number of ether oxygens (including phenoxy) is 1. The molecule has 0 saturated carbocycles. The lowest BCUT2D eigenvalue weighted by molar-refractivity contribution is -0.131. The molecule has 3 aromatic rings. The molecule has 3 rings (SSSR count). The van der Waals surface area contributed by atoms with E-state index >= 15 is 0 Å². The van der Waals surface area contributed by atoms with Gasteiger partial charge >= 0.3 is 5.97 Å². The summed E-state index contributed by atoms with van der Waals surface area (Å²) in [5, 5.41) is 0.884. The molecule has 0 aliphatic heterocycles. The Morgan fingerprint density at radius 1 is 1.00 bits per heavy atom. The maximum absolute atomic E-state index is 10.9. The van der Waals surface area contributed by atoms with E-state index in [1.54, 1.807) is 12.1 Å². The zero-order chi connectivity index (χ0) is 14.7.